The summed E-state index contributed by atoms with van der Waals surface area (Å²) in [5.74, 6) is 0.750. The SMILES string of the molecule is CC1CCc2sc(C(=O)Nc3ccc(N4CCN(C)CC4)cc3)cc2C1. The van der Waals surface area contributed by atoms with E-state index in [1.807, 2.05) is 12.1 Å². The van der Waals surface area contributed by atoms with Crippen LogP contribution in [0.15, 0.2) is 30.3 Å². The van der Waals surface area contributed by atoms with Crippen molar-refractivity contribution in [2.24, 2.45) is 5.92 Å². The third-order valence-electron chi connectivity index (χ3n) is 5.55. The Balaban J connectivity index is 1.40. The highest BCUT2D eigenvalue weighted by Crippen LogP contribution is 2.32. The van der Waals surface area contributed by atoms with Gasteiger partial charge in [-0.1, -0.05) is 6.92 Å². The van der Waals surface area contributed by atoms with E-state index in [1.165, 1.54) is 22.5 Å². The summed E-state index contributed by atoms with van der Waals surface area (Å²) in [7, 11) is 2.17. The van der Waals surface area contributed by atoms with E-state index in [-0.39, 0.29) is 5.91 Å². The molecule has 1 aliphatic heterocycles. The minimum absolute atomic E-state index is 0.0180. The van der Waals surface area contributed by atoms with Crippen LogP contribution in [0.5, 0.6) is 0 Å². The van der Waals surface area contributed by atoms with Crippen LogP contribution in [0, 0.1) is 5.92 Å². The average Bonchev–Trinajstić information content (AvgIpc) is 3.06. The average molecular weight is 370 g/mol. The quantitative estimate of drug-likeness (QED) is 0.892. The Labute approximate surface area is 159 Å². The molecule has 5 heteroatoms. The molecule has 2 aliphatic rings. The Morgan fingerprint density at radius 2 is 1.88 bits per heavy atom. The molecule has 0 bridgehead atoms. The monoisotopic (exact) mass is 369 g/mol. The van der Waals surface area contributed by atoms with Gasteiger partial charge >= 0.3 is 0 Å². The molecule has 1 unspecified atom stereocenters. The first-order valence-corrected chi connectivity index (χ1v) is 10.4. The summed E-state index contributed by atoms with van der Waals surface area (Å²) in [4.78, 5) is 19.6. The van der Waals surface area contributed by atoms with E-state index in [2.05, 4.69) is 47.3 Å². The van der Waals surface area contributed by atoms with E-state index in [0.29, 0.717) is 0 Å². The van der Waals surface area contributed by atoms with E-state index in [0.717, 1.165) is 55.5 Å². The number of nitrogens with one attached hydrogen (secondary N) is 1. The van der Waals surface area contributed by atoms with Gasteiger partial charge in [-0.3, -0.25) is 4.79 Å². The summed E-state index contributed by atoms with van der Waals surface area (Å²) in [6, 6.07) is 10.4. The summed E-state index contributed by atoms with van der Waals surface area (Å²) in [5.41, 5.74) is 3.48. The maximum absolute atomic E-state index is 12.6. The standard InChI is InChI=1S/C21H27N3OS/c1-15-3-8-19-16(13-15)14-20(26-19)21(25)22-17-4-6-18(7-5-17)24-11-9-23(2)10-12-24/h4-7,14-15H,3,8-13H2,1-2H3,(H,22,25). The van der Waals surface area contributed by atoms with Crippen LogP contribution in [-0.4, -0.2) is 44.0 Å². The number of hydrogen-bond acceptors (Lipinski definition) is 4. The molecule has 26 heavy (non-hydrogen) atoms. The Morgan fingerprint density at radius 3 is 2.62 bits per heavy atom. The molecule has 1 aliphatic carbocycles. The van der Waals surface area contributed by atoms with Crippen molar-refractivity contribution in [3.8, 4) is 0 Å². The van der Waals surface area contributed by atoms with Gasteiger partial charge in [0.1, 0.15) is 0 Å². The smallest absolute Gasteiger partial charge is 0.265 e. The van der Waals surface area contributed by atoms with E-state index in [9.17, 15) is 4.79 Å². The van der Waals surface area contributed by atoms with Crippen LogP contribution in [0.4, 0.5) is 11.4 Å². The molecule has 1 saturated heterocycles. The number of benzene rings is 1. The first kappa shape index (κ1) is 17.6. The van der Waals surface area contributed by atoms with Gasteiger partial charge in [0.25, 0.3) is 5.91 Å². The lowest BCUT2D eigenvalue weighted by molar-refractivity contribution is 0.103. The number of rotatable bonds is 3. The van der Waals surface area contributed by atoms with Crippen molar-refractivity contribution in [2.75, 3.05) is 43.4 Å². The highest BCUT2D eigenvalue weighted by atomic mass is 32.1. The Hall–Kier alpha value is -1.85. The lowest BCUT2D eigenvalue weighted by Gasteiger charge is -2.34. The second-order valence-corrected chi connectivity index (χ2v) is 8.84. The number of piperazine rings is 1. The molecular weight excluding hydrogens is 342 g/mol. The van der Waals surface area contributed by atoms with Gasteiger partial charge in [-0.15, -0.1) is 11.3 Å². The van der Waals surface area contributed by atoms with Crippen molar-refractivity contribution < 1.29 is 4.79 Å². The number of hydrogen-bond donors (Lipinski definition) is 1. The van der Waals surface area contributed by atoms with Crippen molar-refractivity contribution in [3.63, 3.8) is 0 Å². The van der Waals surface area contributed by atoms with Crippen molar-refractivity contribution in [1.29, 1.82) is 0 Å². The van der Waals surface area contributed by atoms with Crippen molar-refractivity contribution >= 4 is 28.6 Å². The summed E-state index contributed by atoms with van der Waals surface area (Å²) in [6.45, 7) is 6.60. The van der Waals surface area contributed by atoms with E-state index in [1.54, 1.807) is 11.3 Å². The molecule has 2 aromatic rings. The number of amides is 1. The predicted octanol–water partition coefficient (Wildman–Crippen LogP) is 3.88. The number of carbonyl (C=O) groups excluding carboxylic acids is 1. The van der Waals surface area contributed by atoms with Gasteiger partial charge in [-0.25, -0.2) is 0 Å². The largest absolute Gasteiger partial charge is 0.369 e. The summed E-state index contributed by atoms with van der Waals surface area (Å²) < 4.78 is 0. The van der Waals surface area contributed by atoms with E-state index >= 15 is 0 Å². The third kappa shape index (κ3) is 3.79. The minimum atomic E-state index is 0.0180. The molecule has 2 heterocycles. The Kier molecular flexibility index (Phi) is 5.00. The van der Waals surface area contributed by atoms with E-state index in [4.69, 9.17) is 0 Å². The van der Waals surface area contributed by atoms with Crippen LogP contribution in [-0.2, 0) is 12.8 Å². The van der Waals surface area contributed by atoms with Gasteiger partial charge in [0, 0.05) is 42.4 Å². The Morgan fingerprint density at radius 1 is 1.15 bits per heavy atom. The number of nitrogens with zero attached hydrogens (tertiary/aromatic N) is 2. The van der Waals surface area contributed by atoms with Crippen LogP contribution >= 0.6 is 11.3 Å². The van der Waals surface area contributed by atoms with Crippen molar-refractivity contribution in [2.45, 2.75) is 26.2 Å². The predicted molar refractivity (Wildman–Crippen MR) is 110 cm³/mol. The number of anilines is 2. The number of fused-ring (bicyclic) bond motifs is 1. The third-order valence-corrected chi connectivity index (χ3v) is 6.78. The molecule has 1 fully saturated rings. The molecule has 1 aromatic carbocycles. The molecule has 4 rings (SSSR count). The molecule has 1 N–H and O–H groups in total. The second-order valence-electron chi connectivity index (χ2n) is 7.70. The van der Waals surface area contributed by atoms with E-state index < -0.39 is 0 Å². The molecule has 4 nitrogen and oxygen atoms in total. The van der Waals surface area contributed by atoms with Crippen LogP contribution < -0.4 is 10.2 Å². The van der Waals surface area contributed by atoms with Gasteiger partial charge in [0.2, 0.25) is 0 Å². The zero-order chi connectivity index (χ0) is 18.1. The van der Waals surface area contributed by atoms with Gasteiger partial charge in [0.15, 0.2) is 0 Å². The number of likely N-dealkylation sites (N-methyl/N-ethyl adjacent to an activating group) is 1. The highest BCUT2D eigenvalue weighted by Gasteiger charge is 2.21. The van der Waals surface area contributed by atoms with Gasteiger partial charge < -0.3 is 15.1 Å². The van der Waals surface area contributed by atoms with Crippen LogP contribution in [0.25, 0.3) is 0 Å². The first-order chi connectivity index (χ1) is 12.6. The number of aryl methyl sites for hydroxylation is 1. The maximum atomic E-state index is 12.6. The molecule has 1 aromatic heterocycles. The molecule has 0 saturated carbocycles. The fourth-order valence-electron chi connectivity index (χ4n) is 3.83. The zero-order valence-corrected chi connectivity index (χ0v) is 16.4. The topological polar surface area (TPSA) is 35.6 Å². The second kappa shape index (κ2) is 7.41. The van der Waals surface area contributed by atoms with Crippen molar-refractivity contribution in [3.05, 3.63) is 45.6 Å². The molecule has 0 radical (unpaired) electrons. The molecule has 0 spiro atoms. The van der Waals surface area contributed by atoms with Crippen molar-refractivity contribution in [1.82, 2.24) is 4.90 Å². The fraction of sp³-hybridized carbons (Fsp3) is 0.476. The normalized spacial score (nSPS) is 20.7. The zero-order valence-electron chi connectivity index (χ0n) is 15.6. The van der Waals surface area contributed by atoms with Crippen LogP contribution in [0.1, 0.15) is 33.5 Å². The summed E-state index contributed by atoms with van der Waals surface area (Å²) in [5, 5.41) is 3.06. The lowest BCUT2D eigenvalue weighted by Crippen LogP contribution is -2.44. The van der Waals surface area contributed by atoms with Crippen LogP contribution in [0.3, 0.4) is 0 Å². The highest BCUT2D eigenvalue weighted by molar-refractivity contribution is 7.14. The molecule has 138 valence electrons. The number of thiophene rings is 1. The summed E-state index contributed by atoms with van der Waals surface area (Å²) in [6.07, 6.45) is 3.47. The van der Waals surface area contributed by atoms with Gasteiger partial charge in [-0.2, -0.15) is 0 Å². The van der Waals surface area contributed by atoms with Gasteiger partial charge in [-0.05, 0) is 68.1 Å². The van der Waals surface area contributed by atoms with Gasteiger partial charge in [0.05, 0.1) is 4.88 Å². The lowest BCUT2D eigenvalue weighted by atomic mass is 9.90. The minimum Gasteiger partial charge on any atom is -0.369 e. The first-order valence-electron chi connectivity index (χ1n) is 9.55. The summed E-state index contributed by atoms with van der Waals surface area (Å²) >= 11 is 1.67. The maximum Gasteiger partial charge on any atom is 0.265 e. The molecule has 1 amide bonds. The molecular formula is C21H27N3OS. The molecule has 1 atom stereocenters. The number of carbonyl (C=O) groups is 1. The van der Waals surface area contributed by atoms with Crippen LogP contribution in [0.2, 0.25) is 0 Å². The fourth-order valence-corrected chi connectivity index (χ4v) is 4.93. The Bertz CT molecular complexity index is 775.